The number of nitrogens with one attached hydrogen (secondary N) is 1. The Hall–Kier alpha value is -1.31. The van der Waals surface area contributed by atoms with E-state index in [1.165, 1.54) is 43.2 Å². The molecule has 1 aromatic rings. The third-order valence-electron chi connectivity index (χ3n) is 4.50. The quantitative estimate of drug-likeness (QED) is 0.854. The Labute approximate surface area is 109 Å². The first kappa shape index (κ1) is 11.8. The number of carbonyl (C=O) groups excluding carboxylic acids is 1. The summed E-state index contributed by atoms with van der Waals surface area (Å²) in [5, 5.41) is 3.01. The van der Waals surface area contributed by atoms with Crippen molar-refractivity contribution in [3.63, 3.8) is 0 Å². The summed E-state index contributed by atoms with van der Waals surface area (Å²) in [4.78, 5) is 12.0. The molecule has 96 valence electrons. The molecule has 1 unspecified atom stereocenters. The van der Waals surface area contributed by atoms with Crippen LogP contribution in [-0.4, -0.2) is 5.91 Å². The van der Waals surface area contributed by atoms with Crippen molar-refractivity contribution in [3.8, 4) is 0 Å². The second kappa shape index (κ2) is 4.75. The Morgan fingerprint density at radius 2 is 2.00 bits per heavy atom. The van der Waals surface area contributed by atoms with Crippen LogP contribution in [0.1, 0.15) is 55.6 Å². The fraction of sp³-hybridized carbons (Fsp3) is 0.562. The third-order valence-corrected chi connectivity index (χ3v) is 4.50. The van der Waals surface area contributed by atoms with Crippen LogP contribution < -0.4 is 5.32 Å². The van der Waals surface area contributed by atoms with Crippen LogP contribution in [0.15, 0.2) is 18.2 Å². The molecule has 1 amide bonds. The van der Waals surface area contributed by atoms with Crippen LogP contribution in [0.4, 0.5) is 5.69 Å². The molecule has 1 aromatic carbocycles. The molecule has 2 nitrogen and oxygen atoms in total. The van der Waals surface area contributed by atoms with E-state index in [9.17, 15) is 4.79 Å². The highest BCUT2D eigenvalue weighted by molar-refractivity contribution is 6.02. The van der Waals surface area contributed by atoms with E-state index in [2.05, 4.69) is 24.4 Å². The summed E-state index contributed by atoms with van der Waals surface area (Å²) in [6.07, 6.45) is 7.75. The lowest BCUT2D eigenvalue weighted by Gasteiger charge is -2.13. The normalized spacial score (nSPS) is 23.2. The number of hydrogen-bond donors (Lipinski definition) is 1. The minimum Gasteiger partial charge on any atom is -0.325 e. The van der Waals surface area contributed by atoms with Gasteiger partial charge in [0, 0.05) is 5.69 Å². The molecule has 2 heteroatoms. The molecule has 1 aliphatic carbocycles. The van der Waals surface area contributed by atoms with Crippen molar-refractivity contribution in [1.29, 1.82) is 0 Å². The molecule has 0 bridgehead atoms. The molecule has 1 heterocycles. The van der Waals surface area contributed by atoms with Crippen LogP contribution in [0.5, 0.6) is 0 Å². The first-order valence-electron chi connectivity index (χ1n) is 7.15. The summed E-state index contributed by atoms with van der Waals surface area (Å²) < 4.78 is 0. The Morgan fingerprint density at radius 1 is 1.22 bits per heavy atom. The molecule has 0 radical (unpaired) electrons. The van der Waals surface area contributed by atoms with Crippen molar-refractivity contribution in [2.24, 2.45) is 5.92 Å². The molecule has 1 fully saturated rings. The molecule has 1 aliphatic heterocycles. The van der Waals surface area contributed by atoms with Gasteiger partial charge in [-0.15, -0.1) is 0 Å². The van der Waals surface area contributed by atoms with Gasteiger partial charge in [-0.2, -0.15) is 0 Å². The van der Waals surface area contributed by atoms with E-state index in [1.807, 2.05) is 6.07 Å². The average molecular weight is 243 g/mol. The number of benzene rings is 1. The molecular formula is C16H21NO. The zero-order chi connectivity index (χ0) is 12.5. The summed E-state index contributed by atoms with van der Waals surface area (Å²) in [6.45, 7) is 2.09. The van der Waals surface area contributed by atoms with Crippen LogP contribution >= 0.6 is 0 Å². The monoisotopic (exact) mass is 243 g/mol. The van der Waals surface area contributed by atoms with Gasteiger partial charge >= 0.3 is 0 Å². The highest BCUT2D eigenvalue weighted by Gasteiger charge is 2.31. The molecule has 1 N–H and O–H groups in total. The van der Waals surface area contributed by atoms with Crippen molar-refractivity contribution >= 4 is 11.6 Å². The van der Waals surface area contributed by atoms with E-state index < -0.39 is 0 Å². The maximum absolute atomic E-state index is 12.0. The summed E-state index contributed by atoms with van der Waals surface area (Å²) in [5.41, 5.74) is 3.50. The van der Waals surface area contributed by atoms with E-state index in [4.69, 9.17) is 0 Å². The molecule has 18 heavy (non-hydrogen) atoms. The summed E-state index contributed by atoms with van der Waals surface area (Å²) in [5.74, 6) is 1.17. The Kier molecular flexibility index (Phi) is 3.11. The van der Waals surface area contributed by atoms with Crippen LogP contribution in [-0.2, 0) is 4.79 Å². The standard InChI is InChI=1S/C16H21NO/c1-11-6-9-15-14(10-11)13(16(18)17-15)8-7-12-4-2-3-5-12/h6,9-10,12-13H,2-5,7-8H2,1H3,(H,17,18). The Morgan fingerprint density at radius 3 is 2.78 bits per heavy atom. The van der Waals surface area contributed by atoms with Crippen LogP contribution in [0.3, 0.4) is 0 Å². The number of rotatable bonds is 3. The largest absolute Gasteiger partial charge is 0.325 e. The molecule has 1 atom stereocenters. The van der Waals surface area contributed by atoms with Gasteiger partial charge in [0.2, 0.25) is 5.91 Å². The van der Waals surface area contributed by atoms with Crippen molar-refractivity contribution in [2.45, 2.75) is 51.4 Å². The van der Waals surface area contributed by atoms with Crippen LogP contribution in [0.2, 0.25) is 0 Å². The van der Waals surface area contributed by atoms with Gasteiger partial charge < -0.3 is 5.32 Å². The zero-order valence-electron chi connectivity index (χ0n) is 11.0. The van der Waals surface area contributed by atoms with Crippen LogP contribution in [0.25, 0.3) is 0 Å². The highest BCUT2D eigenvalue weighted by atomic mass is 16.2. The number of carbonyl (C=O) groups is 1. The zero-order valence-corrected chi connectivity index (χ0v) is 11.0. The van der Waals surface area contributed by atoms with Crippen molar-refractivity contribution < 1.29 is 4.79 Å². The number of amides is 1. The molecule has 0 aromatic heterocycles. The lowest BCUT2D eigenvalue weighted by molar-refractivity contribution is -0.117. The first-order chi connectivity index (χ1) is 8.74. The Balaban J connectivity index is 1.72. The summed E-state index contributed by atoms with van der Waals surface area (Å²) >= 11 is 0. The molecular weight excluding hydrogens is 222 g/mol. The third kappa shape index (κ3) is 2.16. The first-order valence-corrected chi connectivity index (χ1v) is 7.15. The van der Waals surface area contributed by atoms with E-state index in [1.54, 1.807) is 0 Å². The number of aryl methyl sites for hydroxylation is 1. The van der Waals surface area contributed by atoms with Gasteiger partial charge in [-0.3, -0.25) is 4.79 Å². The number of hydrogen-bond acceptors (Lipinski definition) is 1. The topological polar surface area (TPSA) is 29.1 Å². The van der Waals surface area contributed by atoms with Crippen LogP contribution in [0, 0.1) is 12.8 Å². The predicted octanol–water partition coefficient (Wildman–Crippen LogP) is 4.00. The van der Waals surface area contributed by atoms with E-state index in [-0.39, 0.29) is 11.8 Å². The molecule has 1 saturated carbocycles. The molecule has 0 spiro atoms. The average Bonchev–Trinajstić information content (AvgIpc) is 2.94. The predicted molar refractivity (Wildman–Crippen MR) is 73.7 cm³/mol. The van der Waals surface area contributed by atoms with Gasteiger partial charge in [0.1, 0.15) is 0 Å². The van der Waals surface area contributed by atoms with E-state index >= 15 is 0 Å². The second-order valence-electron chi connectivity index (χ2n) is 5.86. The van der Waals surface area contributed by atoms with Gasteiger partial charge in [-0.1, -0.05) is 43.4 Å². The van der Waals surface area contributed by atoms with E-state index in [0.29, 0.717) is 0 Å². The summed E-state index contributed by atoms with van der Waals surface area (Å²) in [6, 6.07) is 6.28. The molecule has 2 aliphatic rings. The summed E-state index contributed by atoms with van der Waals surface area (Å²) in [7, 11) is 0. The minimum atomic E-state index is 0.0977. The lowest BCUT2D eigenvalue weighted by Crippen LogP contribution is -2.13. The van der Waals surface area contributed by atoms with Gasteiger partial charge in [0.15, 0.2) is 0 Å². The fourth-order valence-electron chi connectivity index (χ4n) is 3.43. The minimum absolute atomic E-state index is 0.0977. The van der Waals surface area contributed by atoms with Gasteiger partial charge in [-0.05, 0) is 37.3 Å². The number of anilines is 1. The smallest absolute Gasteiger partial charge is 0.232 e. The maximum atomic E-state index is 12.0. The van der Waals surface area contributed by atoms with Gasteiger partial charge in [-0.25, -0.2) is 0 Å². The fourth-order valence-corrected chi connectivity index (χ4v) is 3.43. The van der Waals surface area contributed by atoms with Crippen molar-refractivity contribution in [1.82, 2.24) is 0 Å². The van der Waals surface area contributed by atoms with Crippen molar-refractivity contribution in [2.75, 3.05) is 5.32 Å². The Bertz CT molecular complexity index is 460. The highest BCUT2D eigenvalue weighted by Crippen LogP contribution is 2.38. The lowest BCUT2D eigenvalue weighted by atomic mass is 9.90. The number of fused-ring (bicyclic) bond motifs is 1. The second-order valence-corrected chi connectivity index (χ2v) is 5.86. The molecule has 0 saturated heterocycles. The maximum Gasteiger partial charge on any atom is 0.232 e. The van der Waals surface area contributed by atoms with E-state index in [0.717, 1.165) is 18.0 Å². The van der Waals surface area contributed by atoms with Crippen molar-refractivity contribution in [3.05, 3.63) is 29.3 Å². The SMILES string of the molecule is Cc1ccc2c(c1)C(CCC1CCCC1)C(=O)N2. The van der Waals surface area contributed by atoms with Gasteiger partial charge in [0.25, 0.3) is 0 Å². The van der Waals surface area contributed by atoms with Gasteiger partial charge in [0.05, 0.1) is 5.92 Å². The molecule has 3 rings (SSSR count).